The lowest BCUT2D eigenvalue weighted by Crippen LogP contribution is -2.36. The van der Waals surface area contributed by atoms with Gasteiger partial charge in [0.15, 0.2) is 9.84 Å². The molecule has 28 heavy (non-hydrogen) atoms. The number of aryl methyl sites for hydroxylation is 1. The fourth-order valence-corrected chi connectivity index (χ4v) is 4.47. The van der Waals surface area contributed by atoms with Gasteiger partial charge in [0.25, 0.3) is 0 Å². The van der Waals surface area contributed by atoms with Gasteiger partial charge in [-0.1, -0.05) is 12.1 Å². The maximum Gasteiger partial charge on any atom is 0.314 e. The van der Waals surface area contributed by atoms with Crippen LogP contribution in [0.1, 0.15) is 23.2 Å². The van der Waals surface area contributed by atoms with Crippen LogP contribution in [0.25, 0.3) is 5.69 Å². The SMILES string of the molecule is COCCCNC(=O)C(=O)Nc1c2c(nn1-c1cccc(C)c1)CS(=O)(=O)C2. The quantitative estimate of drug-likeness (QED) is 0.538. The van der Waals surface area contributed by atoms with Crippen molar-refractivity contribution in [1.82, 2.24) is 15.1 Å². The Morgan fingerprint density at radius 1 is 1.25 bits per heavy atom. The first-order chi connectivity index (χ1) is 13.3. The molecule has 0 spiro atoms. The molecular formula is C18H22N4O5S. The molecule has 0 saturated heterocycles. The van der Waals surface area contributed by atoms with Gasteiger partial charge in [-0.05, 0) is 31.0 Å². The van der Waals surface area contributed by atoms with Crippen LogP contribution in [0.5, 0.6) is 0 Å². The molecule has 9 nitrogen and oxygen atoms in total. The fraction of sp³-hybridized carbons (Fsp3) is 0.389. The number of rotatable bonds is 6. The van der Waals surface area contributed by atoms with Gasteiger partial charge in [0.05, 0.1) is 22.9 Å². The maximum absolute atomic E-state index is 12.3. The lowest BCUT2D eigenvalue weighted by atomic mass is 10.2. The van der Waals surface area contributed by atoms with Crippen molar-refractivity contribution >= 4 is 27.5 Å². The number of hydrogen-bond donors (Lipinski definition) is 2. The Kier molecular flexibility index (Phi) is 5.80. The van der Waals surface area contributed by atoms with Crippen molar-refractivity contribution in [2.45, 2.75) is 24.9 Å². The first-order valence-electron chi connectivity index (χ1n) is 8.77. The van der Waals surface area contributed by atoms with Crippen LogP contribution in [-0.4, -0.2) is 50.3 Å². The number of hydrogen-bond acceptors (Lipinski definition) is 6. The number of nitrogens with one attached hydrogen (secondary N) is 2. The van der Waals surface area contributed by atoms with Gasteiger partial charge in [0.2, 0.25) is 0 Å². The van der Waals surface area contributed by atoms with Crippen molar-refractivity contribution in [3.05, 3.63) is 41.1 Å². The first-order valence-corrected chi connectivity index (χ1v) is 10.6. The monoisotopic (exact) mass is 406 g/mol. The highest BCUT2D eigenvalue weighted by atomic mass is 32.2. The third-order valence-corrected chi connectivity index (χ3v) is 5.72. The second-order valence-electron chi connectivity index (χ2n) is 6.61. The average molecular weight is 406 g/mol. The van der Waals surface area contributed by atoms with E-state index >= 15 is 0 Å². The van der Waals surface area contributed by atoms with Crippen LogP contribution < -0.4 is 10.6 Å². The molecule has 1 aromatic heterocycles. The van der Waals surface area contributed by atoms with Gasteiger partial charge >= 0.3 is 11.8 Å². The summed E-state index contributed by atoms with van der Waals surface area (Å²) >= 11 is 0. The summed E-state index contributed by atoms with van der Waals surface area (Å²) in [5, 5.41) is 9.42. The van der Waals surface area contributed by atoms with Gasteiger partial charge in [-0.2, -0.15) is 5.10 Å². The number of carbonyl (C=O) groups excluding carboxylic acids is 2. The van der Waals surface area contributed by atoms with Crippen LogP contribution in [-0.2, 0) is 35.7 Å². The Morgan fingerprint density at radius 3 is 2.75 bits per heavy atom. The van der Waals surface area contributed by atoms with E-state index in [9.17, 15) is 18.0 Å². The van der Waals surface area contributed by atoms with E-state index in [0.717, 1.165) is 5.56 Å². The number of ether oxygens (including phenoxy) is 1. The number of sulfone groups is 1. The van der Waals surface area contributed by atoms with Crippen molar-refractivity contribution in [2.24, 2.45) is 0 Å². The Morgan fingerprint density at radius 2 is 2.04 bits per heavy atom. The maximum atomic E-state index is 12.3. The largest absolute Gasteiger partial charge is 0.385 e. The number of anilines is 1. The van der Waals surface area contributed by atoms with E-state index in [1.807, 2.05) is 25.1 Å². The van der Waals surface area contributed by atoms with E-state index in [1.54, 1.807) is 13.2 Å². The highest BCUT2D eigenvalue weighted by molar-refractivity contribution is 7.90. The normalized spacial score (nSPS) is 14.5. The number of carbonyl (C=O) groups is 2. The topological polar surface area (TPSA) is 119 Å². The minimum atomic E-state index is -3.31. The standard InChI is InChI=1S/C18H22N4O5S/c1-12-5-3-6-13(9-12)22-16(14-10-28(25,26)11-15(14)21-22)20-18(24)17(23)19-7-4-8-27-2/h3,5-6,9H,4,7-8,10-11H2,1-2H3,(H,19,23)(H,20,24). The molecule has 150 valence electrons. The summed E-state index contributed by atoms with van der Waals surface area (Å²) in [4.78, 5) is 24.4. The summed E-state index contributed by atoms with van der Waals surface area (Å²) in [6.45, 7) is 2.67. The van der Waals surface area contributed by atoms with Crippen LogP contribution in [0.15, 0.2) is 24.3 Å². The van der Waals surface area contributed by atoms with Crippen molar-refractivity contribution < 1.29 is 22.7 Å². The molecule has 2 aromatic rings. The zero-order valence-electron chi connectivity index (χ0n) is 15.7. The van der Waals surface area contributed by atoms with E-state index < -0.39 is 21.7 Å². The summed E-state index contributed by atoms with van der Waals surface area (Å²) in [6, 6.07) is 7.40. The third-order valence-electron chi connectivity index (χ3n) is 4.28. The van der Waals surface area contributed by atoms with E-state index in [0.29, 0.717) is 36.5 Å². The first kappa shape index (κ1) is 20.0. The summed E-state index contributed by atoms with van der Waals surface area (Å²) in [6.07, 6.45) is 0.574. The van der Waals surface area contributed by atoms with Crippen molar-refractivity contribution in [3.8, 4) is 5.69 Å². The predicted octanol–water partition coefficient (Wildman–Crippen LogP) is 0.700. The molecular weight excluding hydrogens is 384 g/mol. The molecule has 10 heteroatoms. The van der Waals surface area contributed by atoms with Gasteiger partial charge in [0.1, 0.15) is 5.82 Å². The van der Waals surface area contributed by atoms with Gasteiger partial charge in [-0.25, -0.2) is 13.1 Å². The second kappa shape index (κ2) is 8.11. The number of nitrogens with zero attached hydrogens (tertiary/aromatic N) is 2. The van der Waals surface area contributed by atoms with Crippen LogP contribution >= 0.6 is 0 Å². The summed E-state index contributed by atoms with van der Waals surface area (Å²) in [5.41, 5.74) is 2.45. The molecule has 0 atom stereocenters. The van der Waals surface area contributed by atoms with E-state index in [1.165, 1.54) is 4.68 Å². The second-order valence-corrected chi connectivity index (χ2v) is 8.68. The summed E-state index contributed by atoms with van der Waals surface area (Å²) < 4.78 is 30.3. The molecule has 0 bridgehead atoms. The average Bonchev–Trinajstić information content (AvgIpc) is 3.11. The fourth-order valence-electron chi connectivity index (χ4n) is 2.98. The molecule has 2 N–H and O–H groups in total. The highest BCUT2D eigenvalue weighted by Crippen LogP contribution is 2.33. The summed E-state index contributed by atoms with van der Waals surface area (Å²) in [5.74, 6) is -1.88. The number of fused-ring (bicyclic) bond motifs is 1. The number of amides is 2. The minimum Gasteiger partial charge on any atom is -0.385 e. The lowest BCUT2D eigenvalue weighted by molar-refractivity contribution is -0.136. The van der Waals surface area contributed by atoms with E-state index in [-0.39, 0.29) is 17.3 Å². The number of benzene rings is 1. The molecule has 1 aromatic carbocycles. The van der Waals surface area contributed by atoms with Gasteiger partial charge in [0, 0.05) is 25.8 Å². The molecule has 1 aliphatic rings. The molecule has 3 rings (SSSR count). The molecule has 0 unspecified atom stereocenters. The Hall–Kier alpha value is -2.72. The van der Waals surface area contributed by atoms with Gasteiger partial charge in [-0.3, -0.25) is 9.59 Å². The van der Waals surface area contributed by atoms with Crippen LogP contribution in [0.2, 0.25) is 0 Å². The van der Waals surface area contributed by atoms with E-state index in [2.05, 4.69) is 15.7 Å². The predicted molar refractivity (Wildman–Crippen MR) is 103 cm³/mol. The zero-order chi connectivity index (χ0) is 20.3. The molecule has 2 heterocycles. The highest BCUT2D eigenvalue weighted by Gasteiger charge is 2.33. The van der Waals surface area contributed by atoms with Crippen LogP contribution in [0.3, 0.4) is 0 Å². The smallest absolute Gasteiger partial charge is 0.314 e. The lowest BCUT2D eigenvalue weighted by Gasteiger charge is -2.11. The third kappa shape index (κ3) is 4.39. The molecule has 1 aliphatic heterocycles. The molecule has 0 saturated carbocycles. The van der Waals surface area contributed by atoms with Crippen LogP contribution in [0, 0.1) is 6.92 Å². The van der Waals surface area contributed by atoms with Gasteiger partial charge < -0.3 is 15.4 Å². The molecule has 2 amide bonds. The Balaban J connectivity index is 1.87. The van der Waals surface area contributed by atoms with E-state index in [4.69, 9.17) is 4.74 Å². The molecule has 0 fully saturated rings. The number of methoxy groups -OCH3 is 1. The molecule has 0 radical (unpaired) electrons. The van der Waals surface area contributed by atoms with Crippen molar-refractivity contribution in [1.29, 1.82) is 0 Å². The molecule has 0 aliphatic carbocycles. The Labute approximate surface area is 163 Å². The van der Waals surface area contributed by atoms with Crippen molar-refractivity contribution in [2.75, 3.05) is 25.6 Å². The van der Waals surface area contributed by atoms with Crippen molar-refractivity contribution in [3.63, 3.8) is 0 Å². The summed E-state index contributed by atoms with van der Waals surface area (Å²) in [7, 11) is -1.76. The Bertz CT molecular complexity index is 1010. The zero-order valence-corrected chi connectivity index (χ0v) is 16.5. The number of aromatic nitrogens is 2. The van der Waals surface area contributed by atoms with Crippen LogP contribution in [0.4, 0.5) is 5.82 Å². The van der Waals surface area contributed by atoms with Gasteiger partial charge in [-0.15, -0.1) is 0 Å². The minimum absolute atomic E-state index is 0.187.